The summed E-state index contributed by atoms with van der Waals surface area (Å²) in [6.07, 6.45) is 1.59. The second-order valence-corrected chi connectivity index (χ2v) is 6.57. The van der Waals surface area contributed by atoms with Crippen molar-refractivity contribution >= 4 is 34.7 Å². The quantitative estimate of drug-likeness (QED) is 0.320. The van der Waals surface area contributed by atoms with Gasteiger partial charge in [-0.3, -0.25) is 0 Å². The summed E-state index contributed by atoms with van der Waals surface area (Å²) in [4.78, 5) is 12.5. The molecule has 0 amide bonds. The van der Waals surface area contributed by atoms with E-state index < -0.39 is 0 Å². The number of aromatic nitrogens is 3. The molecule has 5 N–H and O–H groups in total. The van der Waals surface area contributed by atoms with Crippen molar-refractivity contribution in [1.82, 2.24) is 15.0 Å². The molecule has 0 atom stereocenters. The lowest BCUT2D eigenvalue weighted by atomic mass is 10.1. The molecule has 7 nitrogen and oxygen atoms in total. The maximum Gasteiger partial charge on any atom is 0.222 e. The predicted molar refractivity (Wildman–Crippen MR) is 115 cm³/mol. The van der Waals surface area contributed by atoms with Crippen molar-refractivity contribution in [3.8, 4) is 22.8 Å². The number of nitrogen functional groups attached to an aromatic ring is 2. The van der Waals surface area contributed by atoms with Gasteiger partial charge in [0.2, 0.25) is 5.95 Å². The van der Waals surface area contributed by atoms with Crippen LogP contribution in [0.15, 0.2) is 72.9 Å². The zero-order chi connectivity index (χ0) is 20.2. The topological polar surface area (TPSA) is 112 Å². The molecule has 0 aliphatic heterocycles. The number of ether oxygens (including phenoxy) is 1. The molecule has 0 unspecified atom stereocenters. The highest BCUT2D eigenvalue weighted by atomic mass is 35.5. The van der Waals surface area contributed by atoms with Gasteiger partial charge in [0.05, 0.1) is 5.69 Å². The first kappa shape index (κ1) is 18.5. The number of hydrogen-bond acceptors (Lipinski definition) is 7. The van der Waals surface area contributed by atoms with Gasteiger partial charge in [-0.25, -0.2) is 9.97 Å². The Labute approximate surface area is 172 Å². The third-order valence-corrected chi connectivity index (χ3v) is 4.22. The number of anilines is 4. The van der Waals surface area contributed by atoms with E-state index in [1.54, 1.807) is 18.3 Å². The van der Waals surface area contributed by atoms with Crippen LogP contribution in [0.4, 0.5) is 23.1 Å². The van der Waals surface area contributed by atoms with Crippen LogP contribution in [0.2, 0.25) is 5.15 Å². The Kier molecular flexibility index (Phi) is 5.13. The molecule has 4 rings (SSSR count). The van der Waals surface area contributed by atoms with Crippen LogP contribution in [0.5, 0.6) is 11.5 Å². The Morgan fingerprint density at radius 3 is 2.31 bits per heavy atom. The molecule has 0 aliphatic rings. The highest BCUT2D eigenvalue weighted by Crippen LogP contribution is 2.27. The summed E-state index contributed by atoms with van der Waals surface area (Å²) < 4.78 is 5.76. The summed E-state index contributed by atoms with van der Waals surface area (Å²) in [5, 5.41) is 3.60. The van der Waals surface area contributed by atoms with Crippen LogP contribution in [0, 0.1) is 0 Å². The summed E-state index contributed by atoms with van der Waals surface area (Å²) in [7, 11) is 0. The normalized spacial score (nSPS) is 10.5. The zero-order valence-electron chi connectivity index (χ0n) is 15.2. The summed E-state index contributed by atoms with van der Waals surface area (Å²) in [5.74, 6) is 2.04. The van der Waals surface area contributed by atoms with Crippen molar-refractivity contribution < 1.29 is 4.74 Å². The average molecular weight is 405 g/mol. The predicted octanol–water partition coefficient (Wildman–Crippen LogP) is 4.89. The number of nitrogens with two attached hydrogens (primary N) is 2. The largest absolute Gasteiger partial charge is 0.457 e. The Morgan fingerprint density at radius 1 is 0.828 bits per heavy atom. The molecule has 2 heterocycles. The molecule has 8 heteroatoms. The summed E-state index contributed by atoms with van der Waals surface area (Å²) in [6.45, 7) is 0. The van der Waals surface area contributed by atoms with Gasteiger partial charge < -0.3 is 21.5 Å². The van der Waals surface area contributed by atoms with E-state index in [-0.39, 0.29) is 5.95 Å². The molecule has 2 aromatic heterocycles. The summed E-state index contributed by atoms with van der Waals surface area (Å²) in [5.41, 5.74) is 14.7. The third-order valence-electron chi connectivity index (χ3n) is 4.01. The van der Waals surface area contributed by atoms with Gasteiger partial charge in [0, 0.05) is 35.3 Å². The van der Waals surface area contributed by atoms with E-state index >= 15 is 0 Å². The second kappa shape index (κ2) is 8.04. The van der Waals surface area contributed by atoms with E-state index in [1.807, 2.05) is 54.6 Å². The van der Waals surface area contributed by atoms with E-state index in [9.17, 15) is 0 Å². The van der Waals surface area contributed by atoms with Gasteiger partial charge in [-0.2, -0.15) is 4.98 Å². The zero-order valence-corrected chi connectivity index (χ0v) is 16.0. The fourth-order valence-corrected chi connectivity index (χ4v) is 2.83. The van der Waals surface area contributed by atoms with Gasteiger partial charge in [0.25, 0.3) is 0 Å². The van der Waals surface area contributed by atoms with Gasteiger partial charge in [-0.1, -0.05) is 23.7 Å². The van der Waals surface area contributed by atoms with Crippen molar-refractivity contribution in [1.29, 1.82) is 0 Å². The lowest BCUT2D eigenvalue weighted by Gasteiger charge is -2.10. The molecule has 0 saturated heterocycles. The Balaban J connectivity index is 1.51. The minimum atomic E-state index is 0.177. The fourth-order valence-electron chi connectivity index (χ4n) is 2.67. The molecule has 4 aromatic rings. The van der Waals surface area contributed by atoms with Crippen LogP contribution in [-0.2, 0) is 0 Å². The van der Waals surface area contributed by atoms with Crippen molar-refractivity contribution in [3.63, 3.8) is 0 Å². The maximum absolute atomic E-state index is 5.88. The Morgan fingerprint density at radius 2 is 1.59 bits per heavy atom. The average Bonchev–Trinajstić information content (AvgIpc) is 2.70. The third kappa shape index (κ3) is 4.72. The van der Waals surface area contributed by atoms with Crippen LogP contribution in [0.3, 0.4) is 0 Å². The highest BCUT2D eigenvalue weighted by Gasteiger charge is 2.06. The van der Waals surface area contributed by atoms with Crippen LogP contribution in [-0.4, -0.2) is 15.0 Å². The van der Waals surface area contributed by atoms with Crippen molar-refractivity contribution in [2.24, 2.45) is 0 Å². The van der Waals surface area contributed by atoms with Gasteiger partial charge in [-0.15, -0.1) is 0 Å². The lowest BCUT2D eigenvalue weighted by molar-refractivity contribution is 0.482. The Hall–Kier alpha value is -3.84. The number of rotatable bonds is 5. The van der Waals surface area contributed by atoms with Crippen molar-refractivity contribution in [2.75, 3.05) is 16.8 Å². The molecule has 0 bridgehead atoms. The molecule has 0 fully saturated rings. The standard InChI is InChI=1S/C21H17ClN6O/c22-19-11-17(9-10-25-19)29-16-7-5-15(6-8-16)26-20-12-18(27-21(24)28-20)13-1-3-14(23)4-2-13/h1-12H,23H2,(H3,24,26,27,28). The van der Waals surface area contributed by atoms with E-state index in [2.05, 4.69) is 20.3 Å². The number of halogens is 1. The van der Waals surface area contributed by atoms with Gasteiger partial charge in [0.1, 0.15) is 22.5 Å². The summed E-state index contributed by atoms with van der Waals surface area (Å²) in [6, 6.07) is 20.0. The van der Waals surface area contributed by atoms with Gasteiger partial charge >= 0.3 is 0 Å². The first-order valence-corrected chi connectivity index (χ1v) is 9.10. The van der Waals surface area contributed by atoms with Crippen LogP contribution < -0.4 is 21.5 Å². The smallest absolute Gasteiger partial charge is 0.222 e. The highest BCUT2D eigenvalue weighted by molar-refractivity contribution is 6.29. The Bertz CT molecular complexity index is 1130. The molecule has 2 aromatic carbocycles. The van der Waals surface area contributed by atoms with Crippen LogP contribution in [0.25, 0.3) is 11.3 Å². The number of hydrogen-bond donors (Lipinski definition) is 3. The first-order valence-electron chi connectivity index (χ1n) is 8.72. The molecule has 29 heavy (non-hydrogen) atoms. The van der Waals surface area contributed by atoms with Crippen molar-refractivity contribution in [3.05, 3.63) is 78.1 Å². The lowest BCUT2D eigenvalue weighted by Crippen LogP contribution is -2.01. The minimum absolute atomic E-state index is 0.177. The molecular weight excluding hydrogens is 388 g/mol. The van der Waals surface area contributed by atoms with E-state index in [0.29, 0.717) is 33.9 Å². The van der Waals surface area contributed by atoms with Crippen LogP contribution in [0.1, 0.15) is 0 Å². The molecule has 0 spiro atoms. The maximum atomic E-state index is 5.88. The fraction of sp³-hybridized carbons (Fsp3) is 0. The molecular formula is C21H17ClN6O. The van der Waals surface area contributed by atoms with E-state index in [1.165, 1.54) is 0 Å². The number of pyridine rings is 1. The second-order valence-electron chi connectivity index (χ2n) is 6.18. The number of nitrogens with zero attached hydrogens (tertiary/aromatic N) is 3. The number of benzene rings is 2. The van der Waals surface area contributed by atoms with E-state index in [4.69, 9.17) is 27.8 Å². The molecule has 0 aliphatic carbocycles. The van der Waals surface area contributed by atoms with Crippen LogP contribution >= 0.6 is 11.6 Å². The van der Waals surface area contributed by atoms with E-state index in [0.717, 1.165) is 11.3 Å². The van der Waals surface area contributed by atoms with Gasteiger partial charge in [0.15, 0.2) is 0 Å². The first-order chi connectivity index (χ1) is 14.0. The SMILES string of the molecule is Nc1ccc(-c2cc(Nc3ccc(Oc4ccnc(Cl)c4)cc3)nc(N)n2)cc1. The molecule has 0 saturated carbocycles. The summed E-state index contributed by atoms with van der Waals surface area (Å²) >= 11 is 5.87. The molecule has 0 radical (unpaired) electrons. The number of nitrogens with one attached hydrogen (secondary N) is 1. The van der Waals surface area contributed by atoms with Gasteiger partial charge in [-0.05, 0) is 42.5 Å². The van der Waals surface area contributed by atoms with Crippen molar-refractivity contribution in [2.45, 2.75) is 0 Å². The monoisotopic (exact) mass is 404 g/mol. The minimum Gasteiger partial charge on any atom is -0.457 e. The molecule has 144 valence electrons.